The minimum Gasteiger partial charge on any atom is -0.455 e. The van der Waals surface area contributed by atoms with Crippen molar-refractivity contribution in [1.29, 1.82) is 0 Å². The number of fused-ring (bicyclic) bond motifs is 9. The number of allylic oxidation sites excluding steroid dienone is 1. The number of nitrogens with zero attached hydrogens (tertiary/aromatic N) is 5. The van der Waals surface area contributed by atoms with E-state index in [2.05, 4.69) is 203 Å². The van der Waals surface area contributed by atoms with Gasteiger partial charge in [0.25, 0.3) is 0 Å². The van der Waals surface area contributed by atoms with Crippen LogP contribution in [0.3, 0.4) is 0 Å². The maximum atomic E-state index is 6.66. The van der Waals surface area contributed by atoms with Crippen LogP contribution in [0.15, 0.2) is 223 Å². The molecule has 0 N–H and O–H groups in total. The molecule has 14 rings (SSSR count). The van der Waals surface area contributed by atoms with E-state index in [0.717, 1.165) is 90.6 Å². The van der Waals surface area contributed by atoms with Crippen molar-refractivity contribution in [3.63, 3.8) is 0 Å². The predicted molar refractivity (Wildman–Crippen MR) is 283 cm³/mol. The van der Waals surface area contributed by atoms with E-state index in [1.165, 1.54) is 38.3 Å². The Morgan fingerprint density at radius 1 is 0.406 bits per heavy atom. The van der Waals surface area contributed by atoms with Crippen molar-refractivity contribution < 1.29 is 4.42 Å². The molecule has 4 heterocycles. The number of para-hydroxylation sites is 5. The molecular weight excluding hydrogens is 843 g/mol. The second-order valence-corrected chi connectivity index (χ2v) is 17.8. The second-order valence-electron chi connectivity index (χ2n) is 17.8. The normalized spacial score (nSPS) is 12.5. The standard InChI is InChI=1S/C63H41N5O/c1-3-17-40(18-4-1)44-37-38-57(67-54-29-11-7-21-45(54)46-22-8-12-30-55(46)67)53(39-44)41-33-35-43(36-34-41)62-64-61(42-19-5-2-6-20-42)65-63(66-62)68-56-31-13-9-23-47(56)49-25-15-26-50(59(49)68)52-28-16-27-51-48-24-10-14-32-58(48)69-60(51)52/h1-8,10-22,24-39H,9,23H2. The maximum Gasteiger partial charge on any atom is 0.238 e. The molecule has 4 aromatic heterocycles. The van der Waals surface area contributed by atoms with Crippen LogP contribution in [0.4, 0.5) is 0 Å². The van der Waals surface area contributed by atoms with Crippen LogP contribution in [0, 0.1) is 0 Å². The van der Waals surface area contributed by atoms with Crippen LogP contribution in [-0.2, 0) is 6.42 Å². The van der Waals surface area contributed by atoms with Gasteiger partial charge >= 0.3 is 0 Å². The molecule has 0 spiro atoms. The molecule has 0 saturated carbocycles. The molecule has 69 heavy (non-hydrogen) atoms. The van der Waals surface area contributed by atoms with E-state index in [0.29, 0.717) is 17.6 Å². The van der Waals surface area contributed by atoms with Crippen LogP contribution in [0.5, 0.6) is 0 Å². The Morgan fingerprint density at radius 3 is 1.72 bits per heavy atom. The van der Waals surface area contributed by atoms with E-state index in [9.17, 15) is 0 Å². The lowest BCUT2D eigenvalue weighted by atomic mass is 9.96. The minimum absolute atomic E-state index is 0.564. The van der Waals surface area contributed by atoms with E-state index in [1.807, 2.05) is 30.3 Å². The smallest absolute Gasteiger partial charge is 0.238 e. The number of rotatable bonds is 7. The Morgan fingerprint density at radius 2 is 0.986 bits per heavy atom. The van der Waals surface area contributed by atoms with Gasteiger partial charge in [-0.25, -0.2) is 4.98 Å². The van der Waals surface area contributed by atoms with Gasteiger partial charge in [0.05, 0.1) is 27.9 Å². The summed E-state index contributed by atoms with van der Waals surface area (Å²) in [7, 11) is 0. The molecule has 0 unspecified atom stereocenters. The van der Waals surface area contributed by atoms with Crippen molar-refractivity contribution >= 4 is 60.7 Å². The summed E-state index contributed by atoms with van der Waals surface area (Å²) in [6.45, 7) is 0. The van der Waals surface area contributed by atoms with E-state index >= 15 is 0 Å². The summed E-state index contributed by atoms with van der Waals surface area (Å²) in [5.74, 6) is 1.77. The highest BCUT2D eigenvalue weighted by molar-refractivity contribution is 6.13. The zero-order valence-corrected chi connectivity index (χ0v) is 37.4. The zero-order chi connectivity index (χ0) is 45.4. The average Bonchev–Trinajstić information content (AvgIpc) is 4.09. The molecule has 13 aromatic rings. The molecule has 1 aliphatic carbocycles. The van der Waals surface area contributed by atoms with Gasteiger partial charge in [-0.05, 0) is 71.5 Å². The first-order valence-corrected chi connectivity index (χ1v) is 23.6. The molecule has 0 amide bonds. The van der Waals surface area contributed by atoms with Crippen molar-refractivity contribution in [2.45, 2.75) is 12.8 Å². The summed E-state index contributed by atoms with van der Waals surface area (Å²) in [6.07, 6.45) is 6.38. The first kappa shape index (κ1) is 39.1. The predicted octanol–water partition coefficient (Wildman–Crippen LogP) is 16.1. The Bertz CT molecular complexity index is 4120. The number of hydrogen-bond acceptors (Lipinski definition) is 4. The SMILES string of the molecule is C1=Cc2c(c3cccc(-c4cccc5c4oc4ccccc45)c3n2-c2nc(-c3ccccc3)nc(-c3ccc(-c4cc(-c5ccccc5)ccc4-n4c5ccccc5c5ccccc54)cc3)n2)CC1. The fourth-order valence-electron chi connectivity index (χ4n) is 10.7. The van der Waals surface area contributed by atoms with Gasteiger partial charge in [0.1, 0.15) is 11.2 Å². The van der Waals surface area contributed by atoms with Gasteiger partial charge in [0, 0.05) is 54.7 Å². The van der Waals surface area contributed by atoms with E-state index in [4.69, 9.17) is 19.4 Å². The van der Waals surface area contributed by atoms with Crippen LogP contribution in [0.2, 0.25) is 0 Å². The highest BCUT2D eigenvalue weighted by Crippen LogP contribution is 2.44. The van der Waals surface area contributed by atoms with Crippen molar-refractivity contribution in [3.8, 4) is 67.8 Å². The van der Waals surface area contributed by atoms with E-state index in [-0.39, 0.29) is 0 Å². The second kappa shape index (κ2) is 15.8. The highest BCUT2D eigenvalue weighted by Gasteiger charge is 2.26. The molecule has 1 aliphatic rings. The van der Waals surface area contributed by atoms with Crippen molar-refractivity contribution in [1.82, 2.24) is 24.1 Å². The highest BCUT2D eigenvalue weighted by atomic mass is 16.3. The van der Waals surface area contributed by atoms with Gasteiger partial charge in [-0.15, -0.1) is 0 Å². The Hall–Kier alpha value is -9.13. The van der Waals surface area contributed by atoms with Crippen molar-refractivity contribution in [3.05, 3.63) is 230 Å². The molecule has 324 valence electrons. The van der Waals surface area contributed by atoms with Gasteiger partial charge < -0.3 is 8.98 Å². The van der Waals surface area contributed by atoms with Crippen LogP contribution in [0.1, 0.15) is 17.7 Å². The topological polar surface area (TPSA) is 61.7 Å². The fourth-order valence-corrected chi connectivity index (χ4v) is 10.7. The summed E-state index contributed by atoms with van der Waals surface area (Å²) in [4.78, 5) is 16.0. The number of aromatic nitrogens is 5. The Kier molecular flexibility index (Phi) is 8.92. The van der Waals surface area contributed by atoms with Gasteiger partial charge in [-0.3, -0.25) is 4.57 Å². The molecule has 0 saturated heterocycles. The monoisotopic (exact) mass is 883 g/mol. The summed E-state index contributed by atoms with van der Waals surface area (Å²) in [5, 5.41) is 5.84. The van der Waals surface area contributed by atoms with Gasteiger partial charge in [0.15, 0.2) is 11.6 Å². The summed E-state index contributed by atoms with van der Waals surface area (Å²) in [6, 6.07) is 75.2. The third-order valence-electron chi connectivity index (χ3n) is 13.9. The largest absolute Gasteiger partial charge is 0.455 e. The zero-order valence-electron chi connectivity index (χ0n) is 37.4. The van der Waals surface area contributed by atoms with Crippen molar-refractivity contribution in [2.24, 2.45) is 0 Å². The quantitative estimate of drug-likeness (QED) is 0.160. The number of aryl methyl sites for hydroxylation is 1. The molecular formula is C63H41N5O. The molecule has 0 radical (unpaired) electrons. The minimum atomic E-state index is 0.564. The van der Waals surface area contributed by atoms with Gasteiger partial charge in [0.2, 0.25) is 5.95 Å². The van der Waals surface area contributed by atoms with E-state index < -0.39 is 0 Å². The summed E-state index contributed by atoms with van der Waals surface area (Å²) >= 11 is 0. The van der Waals surface area contributed by atoms with E-state index in [1.54, 1.807) is 0 Å². The molecule has 0 bridgehead atoms. The molecule has 0 atom stereocenters. The molecule has 0 fully saturated rings. The summed E-state index contributed by atoms with van der Waals surface area (Å²) in [5.41, 5.74) is 17.0. The molecule has 0 aliphatic heterocycles. The maximum absolute atomic E-state index is 6.66. The van der Waals surface area contributed by atoms with Crippen LogP contribution in [-0.4, -0.2) is 24.1 Å². The average molecular weight is 884 g/mol. The lowest BCUT2D eigenvalue weighted by Crippen LogP contribution is -2.09. The first-order chi connectivity index (χ1) is 34.2. The molecule has 6 nitrogen and oxygen atoms in total. The third kappa shape index (κ3) is 6.30. The summed E-state index contributed by atoms with van der Waals surface area (Å²) < 4.78 is 11.3. The number of benzene rings is 9. The van der Waals surface area contributed by atoms with Crippen LogP contribution < -0.4 is 0 Å². The first-order valence-electron chi connectivity index (χ1n) is 23.6. The van der Waals surface area contributed by atoms with Crippen LogP contribution in [0.25, 0.3) is 129 Å². The lowest BCUT2D eigenvalue weighted by molar-refractivity contribution is 0.670. The lowest BCUT2D eigenvalue weighted by Gasteiger charge is -2.17. The molecule has 6 heteroatoms. The molecule has 9 aromatic carbocycles. The Balaban J connectivity index is 0.965. The van der Waals surface area contributed by atoms with Gasteiger partial charge in [-0.1, -0.05) is 188 Å². The van der Waals surface area contributed by atoms with Gasteiger partial charge in [-0.2, -0.15) is 9.97 Å². The fraction of sp³-hybridized carbons (Fsp3) is 0.0317. The number of hydrogen-bond donors (Lipinski definition) is 0. The van der Waals surface area contributed by atoms with Crippen molar-refractivity contribution in [2.75, 3.05) is 0 Å². The Labute approximate surface area is 397 Å². The third-order valence-corrected chi connectivity index (χ3v) is 13.9. The van der Waals surface area contributed by atoms with Crippen LogP contribution >= 0.6 is 0 Å². The number of furan rings is 1.